The maximum atomic E-state index is 12.6. The number of rotatable bonds is 6. The Bertz CT molecular complexity index is 736. The van der Waals surface area contributed by atoms with Gasteiger partial charge in [-0.1, -0.05) is 36.4 Å². The van der Waals surface area contributed by atoms with Gasteiger partial charge in [0.05, 0.1) is 6.42 Å². The van der Waals surface area contributed by atoms with Crippen molar-refractivity contribution < 1.29 is 9.53 Å². The molecule has 1 heterocycles. The molecule has 1 fully saturated rings. The van der Waals surface area contributed by atoms with E-state index in [1.54, 1.807) is 0 Å². The summed E-state index contributed by atoms with van der Waals surface area (Å²) in [5, 5.41) is 0. The smallest absolute Gasteiger partial charge is 0.226 e. The van der Waals surface area contributed by atoms with Crippen LogP contribution in [-0.4, -0.2) is 30.4 Å². The van der Waals surface area contributed by atoms with Crippen molar-refractivity contribution in [3.63, 3.8) is 0 Å². The van der Waals surface area contributed by atoms with Crippen molar-refractivity contribution in [1.29, 1.82) is 0 Å². The quantitative estimate of drug-likeness (QED) is 0.868. The molecule has 1 saturated heterocycles. The summed E-state index contributed by atoms with van der Waals surface area (Å²) < 4.78 is 5.93. The second kappa shape index (κ2) is 8.86. The van der Waals surface area contributed by atoms with Gasteiger partial charge >= 0.3 is 0 Å². The van der Waals surface area contributed by atoms with Crippen LogP contribution in [0.25, 0.3) is 0 Å². The van der Waals surface area contributed by atoms with E-state index in [0.29, 0.717) is 18.9 Å². The van der Waals surface area contributed by atoms with Crippen LogP contribution in [0, 0.1) is 12.8 Å². The van der Waals surface area contributed by atoms with E-state index in [2.05, 4.69) is 19.1 Å². The number of aryl methyl sites for hydroxylation is 1. The van der Waals surface area contributed by atoms with Crippen LogP contribution in [0.3, 0.4) is 0 Å². The standard InChI is InChI=1S/C22H28N2O2/c1-17-5-2-3-7-20(17)16-26-21-8-4-6-19(13-21)14-22(25)24-11-9-18(15-23)10-12-24/h2-8,13,18H,9-12,14-16,23H2,1H3. The van der Waals surface area contributed by atoms with Gasteiger partial charge in [0, 0.05) is 13.1 Å². The van der Waals surface area contributed by atoms with Gasteiger partial charge in [-0.25, -0.2) is 0 Å². The summed E-state index contributed by atoms with van der Waals surface area (Å²) >= 11 is 0. The van der Waals surface area contributed by atoms with E-state index in [1.165, 1.54) is 11.1 Å². The molecule has 2 N–H and O–H groups in total. The van der Waals surface area contributed by atoms with Gasteiger partial charge in [0.1, 0.15) is 12.4 Å². The Morgan fingerprint density at radius 1 is 1.15 bits per heavy atom. The number of piperidine rings is 1. The largest absolute Gasteiger partial charge is 0.489 e. The normalized spacial score (nSPS) is 15.1. The van der Waals surface area contributed by atoms with Gasteiger partial charge in [-0.3, -0.25) is 4.79 Å². The lowest BCUT2D eigenvalue weighted by Gasteiger charge is -2.31. The third-order valence-corrected chi connectivity index (χ3v) is 5.21. The number of carbonyl (C=O) groups is 1. The fraction of sp³-hybridized carbons (Fsp3) is 0.409. The molecular weight excluding hydrogens is 324 g/mol. The first-order chi connectivity index (χ1) is 12.7. The molecule has 2 aromatic carbocycles. The lowest BCUT2D eigenvalue weighted by atomic mass is 9.96. The number of carbonyl (C=O) groups excluding carboxylic acids is 1. The summed E-state index contributed by atoms with van der Waals surface area (Å²) in [5.74, 6) is 1.56. The predicted molar refractivity (Wildman–Crippen MR) is 104 cm³/mol. The van der Waals surface area contributed by atoms with Crippen LogP contribution in [0.4, 0.5) is 0 Å². The first-order valence-corrected chi connectivity index (χ1v) is 9.40. The van der Waals surface area contributed by atoms with Gasteiger partial charge in [-0.05, 0) is 61.1 Å². The Hall–Kier alpha value is -2.33. The van der Waals surface area contributed by atoms with Crippen LogP contribution >= 0.6 is 0 Å². The van der Waals surface area contributed by atoms with Crippen molar-refractivity contribution in [2.24, 2.45) is 11.7 Å². The number of benzene rings is 2. The Balaban J connectivity index is 1.55. The predicted octanol–water partition coefficient (Wildman–Crippen LogP) is 3.31. The van der Waals surface area contributed by atoms with Crippen molar-refractivity contribution in [3.05, 3.63) is 65.2 Å². The zero-order valence-electron chi connectivity index (χ0n) is 15.5. The second-order valence-electron chi connectivity index (χ2n) is 7.10. The molecular formula is C22H28N2O2. The summed E-state index contributed by atoms with van der Waals surface area (Å²) in [6.07, 6.45) is 2.46. The number of hydrogen-bond donors (Lipinski definition) is 1. The van der Waals surface area contributed by atoms with E-state index < -0.39 is 0 Å². The number of nitrogens with zero attached hydrogens (tertiary/aromatic N) is 1. The molecule has 3 rings (SSSR count). The molecule has 0 saturated carbocycles. The summed E-state index contributed by atoms with van der Waals surface area (Å²) in [5.41, 5.74) is 9.13. The molecule has 0 radical (unpaired) electrons. The van der Waals surface area contributed by atoms with E-state index in [1.807, 2.05) is 41.3 Å². The van der Waals surface area contributed by atoms with Gasteiger partial charge in [0.2, 0.25) is 5.91 Å². The third kappa shape index (κ3) is 4.85. The van der Waals surface area contributed by atoms with Crippen molar-refractivity contribution in [2.45, 2.75) is 32.8 Å². The molecule has 0 aliphatic carbocycles. The van der Waals surface area contributed by atoms with Crippen LogP contribution in [0.1, 0.15) is 29.5 Å². The highest BCUT2D eigenvalue weighted by Gasteiger charge is 2.21. The Morgan fingerprint density at radius 2 is 1.92 bits per heavy atom. The fourth-order valence-corrected chi connectivity index (χ4v) is 3.38. The lowest BCUT2D eigenvalue weighted by Crippen LogP contribution is -2.40. The molecule has 26 heavy (non-hydrogen) atoms. The molecule has 1 aliphatic heterocycles. The zero-order valence-corrected chi connectivity index (χ0v) is 15.5. The van der Waals surface area contributed by atoms with E-state index in [-0.39, 0.29) is 5.91 Å². The molecule has 0 spiro atoms. The maximum Gasteiger partial charge on any atom is 0.226 e. The number of nitrogens with two attached hydrogens (primary N) is 1. The highest BCUT2D eigenvalue weighted by atomic mass is 16.5. The average Bonchev–Trinajstić information content (AvgIpc) is 2.68. The van der Waals surface area contributed by atoms with Gasteiger partial charge < -0.3 is 15.4 Å². The Kier molecular flexibility index (Phi) is 6.29. The van der Waals surface area contributed by atoms with Gasteiger partial charge in [0.15, 0.2) is 0 Å². The molecule has 4 heteroatoms. The molecule has 4 nitrogen and oxygen atoms in total. The zero-order chi connectivity index (χ0) is 18.4. The minimum absolute atomic E-state index is 0.191. The van der Waals surface area contributed by atoms with E-state index >= 15 is 0 Å². The summed E-state index contributed by atoms with van der Waals surface area (Å²) in [6.45, 7) is 4.99. The minimum atomic E-state index is 0.191. The Morgan fingerprint density at radius 3 is 2.65 bits per heavy atom. The molecule has 0 bridgehead atoms. The van der Waals surface area contributed by atoms with Crippen LogP contribution in [0.5, 0.6) is 5.75 Å². The minimum Gasteiger partial charge on any atom is -0.489 e. The summed E-state index contributed by atoms with van der Waals surface area (Å²) in [7, 11) is 0. The fourth-order valence-electron chi connectivity index (χ4n) is 3.38. The van der Waals surface area contributed by atoms with E-state index in [0.717, 1.165) is 43.8 Å². The van der Waals surface area contributed by atoms with Gasteiger partial charge in [0.25, 0.3) is 0 Å². The third-order valence-electron chi connectivity index (χ3n) is 5.21. The highest BCUT2D eigenvalue weighted by molar-refractivity contribution is 5.79. The van der Waals surface area contributed by atoms with Gasteiger partial charge in [-0.2, -0.15) is 0 Å². The summed E-state index contributed by atoms with van der Waals surface area (Å²) in [4.78, 5) is 14.5. The van der Waals surface area contributed by atoms with Crippen LogP contribution in [0.15, 0.2) is 48.5 Å². The molecule has 0 atom stereocenters. The van der Waals surface area contributed by atoms with E-state index in [9.17, 15) is 4.79 Å². The number of hydrogen-bond acceptors (Lipinski definition) is 3. The molecule has 138 valence electrons. The highest BCUT2D eigenvalue weighted by Crippen LogP contribution is 2.19. The molecule has 2 aromatic rings. The van der Waals surface area contributed by atoms with Crippen molar-refractivity contribution in [1.82, 2.24) is 4.90 Å². The molecule has 1 aliphatic rings. The summed E-state index contributed by atoms with van der Waals surface area (Å²) in [6, 6.07) is 16.1. The second-order valence-corrected chi connectivity index (χ2v) is 7.10. The monoisotopic (exact) mass is 352 g/mol. The SMILES string of the molecule is Cc1ccccc1COc1cccc(CC(=O)N2CCC(CN)CC2)c1. The molecule has 1 amide bonds. The first-order valence-electron chi connectivity index (χ1n) is 9.40. The van der Waals surface area contributed by atoms with Crippen molar-refractivity contribution in [3.8, 4) is 5.75 Å². The molecule has 0 aromatic heterocycles. The number of ether oxygens (including phenoxy) is 1. The Labute approximate surface area is 156 Å². The lowest BCUT2D eigenvalue weighted by molar-refractivity contribution is -0.131. The van der Waals surface area contributed by atoms with E-state index in [4.69, 9.17) is 10.5 Å². The topological polar surface area (TPSA) is 55.6 Å². The first kappa shape index (κ1) is 18.5. The average molecular weight is 352 g/mol. The van der Waals surface area contributed by atoms with Crippen LogP contribution < -0.4 is 10.5 Å². The molecule has 0 unspecified atom stereocenters. The van der Waals surface area contributed by atoms with Gasteiger partial charge in [-0.15, -0.1) is 0 Å². The van der Waals surface area contributed by atoms with Crippen molar-refractivity contribution >= 4 is 5.91 Å². The van der Waals surface area contributed by atoms with Crippen molar-refractivity contribution in [2.75, 3.05) is 19.6 Å². The number of likely N-dealkylation sites (tertiary alicyclic amines) is 1. The van der Waals surface area contributed by atoms with Crippen LogP contribution in [-0.2, 0) is 17.8 Å². The van der Waals surface area contributed by atoms with Crippen LogP contribution in [0.2, 0.25) is 0 Å². The number of amides is 1. The maximum absolute atomic E-state index is 12.6.